The van der Waals surface area contributed by atoms with Crippen molar-refractivity contribution in [3.05, 3.63) is 30.5 Å². The molecule has 0 amide bonds. The van der Waals surface area contributed by atoms with Crippen LogP contribution in [0.4, 0.5) is 0 Å². The predicted molar refractivity (Wildman–Crippen MR) is 109 cm³/mol. The number of esters is 1. The largest absolute Gasteiger partial charge is 0.543 e. The van der Waals surface area contributed by atoms with Crippen molar-refractivity contribution in [2.45, 2.75) is 65.3 Å². The fraction of sp³-hybridized carbons (Fsp3) is 0.500. The third kappa shape index (κ3) is 4.97. The van der Waals surface area contributed by atoms with Gasteiger partial charge in [0.05, 0.1) is 11.7 Å². The Kier molecular flexibility index (Phi) is 5.38. The van der Waals surface area contributed by atoms with Crippen molar-refractivity contribution in [3.8, 4) is 5.75 Å². The van der Waals surface area contributed by atoms with E-state index in [2.05, 4.69) is 39.0 Å². The number of fused-ring (bicyclic) bond motifs is 1. The second-order valence-corrected chi connectivity index (χ2v) is 13.7. The minimum atomic E-state index is -1.88. The van der Waals surface area contributed by atoms with Crippen LogP contribution in [0.5, 0.6) is 5.75 Å². The molecule has 0 fully saturated rings. The highest BCUT2D eigenvalue weighted by atomic mass is 28.4. The van der Waals surface area contributed by atoms with E-state index in [-0.39, 0.29) is 11.0 Å². The first-order valence-electron chi connectivity index (χ1n) is 8.86. The lowest BCUT2D eigenvalue weighted by molar-refractivity contribution is -0.148. The maximum absolute atomic E-state index is 11.8. The summed E-state index contributed by atoms with van der Waals surface area (Å²) in [4.78, 5) is 11.8. The molecule has 0 saturated heterocycles. The van der Waals surface area contributed by atoms with Crippen molar-refractivity contribution in [3.63, 3.8) is 0 Å². The zero-order chi connectivity index (χ0) is 19.8. The highest BCUT2D eigenvalue weighted by Gasteiger charge is 2.39. The molecule has 0 radical (unpaired) electrons. The summed E-state index contributed by atoms with van der Waals surface area (Å²) in [6.45, 7) is 16.6. The van der Waals surface area contributed by atoms with Crippen LogP contribution in [0, 0.1) is 0 Å². The number of carbonyl (C=O) groups is 1. The van der Waals surface area contributed by atoms with Gasteiger partial charge in [-0.1, -0.05) is 20.8 Å². The number of hydrogen-bond acceptors (Lipinski definition) is 4. The molecule has 0 aliphatic heterocycles. The van der Waals surface area contributed by atoms with Gasteiger partial charge in [0, 0.05) is 17.7 Å². The van der Waals surface area contributed by atoms with Gasteiger partial charge >= 0.3 is 5.97 Å². The van der Waals surface area contributed by atoms with Gasteiger partial charge in [-0.3, -0.25) is 0 Å². The molecule has 0 unspecified atom stereocenters. The van der Waals surface area contributed by atoms with Gasteiger partial charge in [0.2, 0.25) is 8.32 Å². The normalized spacial score (nSPS) is 13.4. The molecule has 1 heterocycles. The van der Waals surface area contributed by atoms with Gasteiger partial charge in [-0.25, -0.2) is 9.48 Å². The molecule has 2 aromatic rings. The fourth-order valence-electron chi connectivity index (χ4n) is 2.13. The Bertz CT molecular complexity index is 824. The van der Waals surface area contributed by atoms with Crippen molar-refractivity contribution < 1.29 is 14.0 Å². The van der Waals surface area contributed by atoms with Gasteiger partial charge in [-0.2, -0.15) is 5.10 Å². The molecule has 0 aliphatic carbocycles. The van der Waals surface area contributed by atoms with Gasteiger partial charge < -0.3 is 9.16 Å². The van der Waals surface area contributed by atoms with E-state index in [9.17, 15) is 4.79 Å². The monoisotopic (exact) mass is 374 g/mol. The predicted octanol–water partition coefficient (Wildman–Crippen LogP) is 5.23. The number of benzene rings is 1. The number of carbonyl (C=O) groups excluding carboxylic acids is 1. The maximum atomic E-state index is 11.8. The van der Waals surface area contributed by atoms with E-state index >= 15 is 0 Å². The minimum absolute atomic E-state index is 0.141. The Balaban J connectivity index is 2.20. The van der Waals surface area contributed by atoms with Crippen molar-refractivity contribution in [1.29, 1.82) is 0 Å². The first-order valence-corrected chi connectivity index (χ1v) is 11.8. The van der Waals surface area contributed by atoms with Crippen molar-refractivity contribution in [2.24, 2.45) is 0 Å². The van der Waals surface area contributed by atoms with E-state index in [1.54, 1.807) is 17.1 Å². The van der Waals surface area contributed by atoms with E-state index in [1.165, 1.54) is 6.08 Å². The smallest absolute Gasteiger partial charge is 0.332 e. The quantitative estimate of drug-likeness (QED) is 0.417. The van der Waals surface area contributed by atoms with Crippen LogP contribution in [0.25, 0.3) is 17.1 Å². The Morgan fingerprint density at radius 3 is 2.38 bits per heavy atom. The molecular formula is C20H30N2O3Si. The number of aromatic nitrogens is 2. The maximum Gasteiger partial charge on any atom is 0.332 e. The average molecular weight is 375 g/mol. The van der Waals surface area contributed by atoms with Gasteiger partial charge in [-0.05, 0) is 57.1 Å². The first-order chi connectivity index (χ1) is 11.8. The van der Waals surface area contributed by atoms with Gasteiger partial charge in [-0.15, -0.1) is 0 Å². The second-order valence-electron chi connectivity index (χ2n) is 9.02. The van der Waals surface area contributed by atoms with Crippen LogP contribution in [-0.4, -0.2) is 29.7 Å². The molecule has 1 aromatic heterocycles. The molecule has 142 valence electrons. The molecule has 2 rings (SSSR count). The molecular weight excluding hydrogens is 344 g/mol. The Hall–Kier alpha value is -2.08. The van der Waals surface area contributed by atoms with Crippen molar-refractivity contribution in [2.75, 3.05) is 0 Å². The molecule has 0 saturated carbocycles. The Labute approximate surface area is 157 Å². The second kappa shape index (κ2) is 6.91. The lowest BCUT2D eigenvalue weighted by Crippen LogP contribution is -2.43. The molecule has 5 nitrogen and oxygen atoms in total. The lowest BCUT2D eigenvalue weighted by atomic mass is 10.2. The van der Waals surface area contributed by atoms with Crippen LogP contribution in [0.1, 0.15) is 41.5 Å². The average Bonchev–Trinajstić information content (AvgIpc) is 2.84. The molecule has 0 spiro atoms. The molecule has 0 atom stereocenters. The molecule has 0 N–H and O–H groups in total. The minimum Gasteiger partial charge on any atom is -0.543 e. The van der Waals surface area contributed by atoms with Crippen LogP contribution < -0.4 is 4.43 Å². The van der Waals surface area contributed by atoms with E-state index in [0.29, 0.717) is 0 Å². The summed E-state index contributed by atoms with van der Waals surface area (Å²) < 4.78 is 13.3. The number of rotatable bonds is 4. The summed E-state index contributed by atoms with van der Waals surface area (Å²) in [5.41, 5.74) is 0.399. The number of hydrogen-bond donors (Lipinski definition) is 0. The van der Waals surface area contributed by atoms with Crippen LogP contribution in [0.3, 0.4) is 0 Å². The van der Waals surface area contributed by atoms with Gasteiger partial charge in [0.1, 0.15) is 11.4 Å². The standard InChI is InChI=1S/C20H30N2O3Si/c1-19(2,3)24-18(23)11-12-22-17-10-9-16(13-15(17)14-21-22)25-26(7,8)20(4,5)6/h9-14H,1-8H3/b12-11-. The molecule has 6 heteroatoms. The van der Waals surface area contributed by atoms with Crippen LogP contribution >= 0.6 is 0 Å². The molecule has 0 bridgehead atoms. The van der Waals surface area contributed by atoms with E-state index in [1.807, 2.05) is 39.0 Å². The highest BCUT2D eigenvalue weighted by Crippen LogP contribution is 2.37. The zero-order valence-corrected chi connectivity index (χ0v) is 18.1. The summed E-state index contributed by atoms with van der Waals surface area (Å²) in [5.74, 6) is 0.471. The van der Waals surface area contributed by atoms with Gasteiger partial charge in [0.25, 0.3) is 0 Å². The van der Waals surface area contributed by atoms with Crippen LogP contribution in [0.2, 0.25) is 18.1 Å². The van der Waals surface area contributed by atoms with Crippen LogP contribution in [0.15, 0.2) is 30.5 Å². The van der Waals surface area contributed by atoms with E-state index in [4.69, 9.17) is 9.16 Å². The molecule has 26 heavy (non-hydrogen) atoms. The fourth-order valence-corrected chi connectivity index (χ4v) is 3.15. The third-order valence-corrected chi connectivity index (χ3v) is 8.86. The summed E-state index contributed by atoms with van der Waals surface area (Å²) in [5, 5.41) is 5.44. The lowest BCUT2D eigenvalue weighted by Gasteiger charge is -2.36. The van der Waals surface area contributed by atoms with Crippen molar-refractivity contribution >= 4 is 31.4 Å². The summed E-state index contributed by atoms with van der Waals surface area (Å²) >= 11 is 0. The Morgan fingerprint density at radius 1 is 1.15 bits per heavy atom. The number of nitrogens with zero attached hydrogens (tertiary/aromatic N) is 2. The van der Waals surface area contributed by atoms with Crippen LogP contribution in [-0.2, 0) is 9.53 Å². The molecule has 1 aromatic carbocycles. The van der Waals surface area contributed by atoms with E-state index in [0.717, 1.165) is 16.7 Å². The van der Waals surface area contributed by atoms with Crippen molar-refractivity contribution in [1.82, 2.24) is 9.78 Å². The molecule has 0 aliphatic rings. The highest BCUT2D eigenvalue weighted by molar-refractivity contribution is 6.74. The summed E-state index contributed by atoms with van der Waals surface area (Å²) in [6, 6.07) is 5.92. The summed E-state index contributed by atoms with van der Waals surface area (Å²) in [6.07, 6.45) is 4.77. The SMILES string of the molecule is CC(C)(C)OC(=O)/C=C\n1ncc2cc(O[Si](C)(C)C(C)(C)C)ccc21. The zero-order valence-electron chi connectivity index (χ0n) is 17.1. The van der Waals surface area contributed by atoms with E-state index < -0.39 is 13.9 Å². The van der Waals surface area contributed by atoms with Gasteiger partial charge in [0.15, 0.2) is 0 Å². The third-order valence-electron chi connectivity index (χ3n) is 4.50. The first kappa shape index (κ1) is 20.2. The number of ether oxygens (including phenoxy) is 1. The summed E-state index contributed by atoms with van der Waals surface area (Å²) in [7, 11) is -1.88. The topological polar surface area (TPSA) is 53.4 Å². The Morgan fingerprint density at radius 2 is 1.81 bits per heavy atom.